The summed E-state index contributed by atoms with van der Waals surface area (Å²) < 4.78 is 14.3. The van der Waals surface area contributed by atoms with Crippen molar-refractivity contribution >= 4 is 11.4 Å². The molecule has 4 heteroatoms. The molecule has 1 aromatic carbocycles. The van der Waals surface area contributed by atoms with Crippen molar-refractivity contribution in [1.29, 1.82) is 0 Å². The number of allylic oxidation sites excluding steroid dienone is 1. The quantitative estimate of drug-likeness (QED) is 0.916. The normalized spacial score (nSPS) is 19.4. The molecule has 1 heterocycles. The summed E-state index contributed by atoms with van der Waals surface area (Å²) in [6.45, 7) is 14.6. The van der Waals surface area contributed by atoms with E-state index >= 15 is 0 Å². The Kier molecular flexibility index (Phi) is 4.68. The number of nitrogens with zero attached hydrogens (tertiary/aromatic N) is 2. The fraction of sp³-hybridized carbons (Fsp3) is 0.412. The molecule has 0 bridgehead atoms. The van der Waals surface area contributed by atoms with Crippen LogP contribution in [0.1, 0.15) is 19.4 Å². The van der Waals surface area contributed by atoms with E-state index < -0.39 is 0 Å². The maximum Gasteiger partial charge on any atom is 0.134 e. The highest BCUT2D eigenvalue weighted by Crippen LogP contribution is 2.25. The van der Waals surface area contributed by atoms with Crippen LogP contribution in [0.2, 0.25) is 0 Å². The van der Waals surface area contributed by atoms with Gasteiger partial charge in [-0.05, 0) is 39.1 Å². The first-order chi connectivity index (χ1) is 9.88. The number of likely N-dealkylation sites (N-methyl/N-ethyl adjacent to an activating group) is 1. The number of hydrogen-bond donors (Lipinski definition) is 1. The second-order valence-corrected chi connectivity index (χ2v) is 5.82. The molecule has 3 nitrogen and oxygen atoms in total. The molecule has 1 unspecified atom stereocenters. The van der Waals surface area contributed by atoms with Crippen molar-refractivity contribution < 1.29 is 4.39 Å². The molecule has 0 aliphatic carbocycles. The predicted octanol–water partition coefficient (Wildman–Crippen LogP) is 3.38. The van der Waals surface area contributed by atoms with Gasteiger partial charge in [-0.25, -0.2) is 4.39 Å². The summed E-state index contributed by atoms with van der Waals surface area (Å²) in [5.74, 6) is -0.252. The Morgan fingerprint density at radius 2 is 2.05 bits per heavy atom. The third-order valence-electron chi connectivity index (χ3n) is 3.98. The van der Waals surface area contributed by atoms with Crippen LogP contribution in [-0.4, -0.2) is 42.5 Å². The van der Waals surface area contributed by atoms with Crippen molar-refractivity contribution in [3.05, 3.63) is 48.4 Å². The Hall–Kier alpha value is -1.81. The van der Waals surface area contributed by atoms with E-state index in [1.807, 2.05) is 13.0 Å². The molecule has 1 fully saturated rings. The molecule has 0 amide bonds. The van der Waals surface area contributed by atoms with Gasteiger partial charge in [-0.2, -0.15) is 0 Å². The van der Waals surface area contributed by atoms with Crippen LogP contribution in [-0.2, 0) is 0 Å². The molecule has 1 aliphatic rings. The lowest BCUT2D eigenvalue weighted by Gasteiger charge is -2.40. The highest BCUT2D eigenvalue weighted by Gasteiger charge is 2.23. The van der Waals surface area contributed by atoms with Crippen LogP contribution in [0.5, 0.6) is 0 Å². The largest absolute Gasteiger partial charge is 0.369 e. The van der Waals surface area contributed by atoms with Crippen LogP contribution in [0.25, 0.3) is 5.70 Å². The number of piperazine rings is 1. The van der Waals surface area contributed by atoms with E-state index in [1.54, 1.807) is 6.07 Å². The molecular formula is C17H24FN3. The lowest BCUT2D eigenvalue weighted by atomic mass is 10.1. The molecule has 0 spiro atoms. The number of nitrogens with one attached hydrogen (secondary N) is 1. The van der Waals surface area contributed by atoms with Crippen LogP contribution in [0.4, 0.5) is 10.1 Å². The van der Waals surface area contributed by atoms with E-state index in [0.29, 0.717) is 17.3 Å². The first kappa shape index (κ1) is 15.6. The summed E-state index contributed by atoms with van der Waals surface area (Å²) in [6, 6.07) is 5.58. The van der Waals surface area contributed by atoms with E-state index in [1.165, 1.54) is 6.07 Å². The van der Waals surface area contributed by atoms with Crippen LogP contribution < -0.4 is 5.32 Å². The van der Waals surface area contributed by atoms with Crippen molar-refractivity contribution in [3.63, 3.8) is 0 Å². The Balaban J connectivity index is 2.14. The van der Waals surface area contributed by atoms with Crippen molar-refractivity contribution in [2.45, 2.75) is 19.9 Å². The monoisotopic (exact) mass is 289 g/mol. The molecule has 0 radical (unpaired) electrons. The van der Waals surface area contributed by atoms with Gasteiger partial charge in [0.15, 0.2) is 0 Å². The summed E-state index contributed by atoms with van der Waals surface area (Å²) in [6.07, 6.45) is 0. The number of benzene rings is 1. The Bertz CT molecular complexity index is 553. The smallest absolute Gasteiger partial charge is 0.134 e. The van der Waals surface area contributed by atoms with Crippen LogP contribution in [0, 0.1) is 5.82 Å². The summed E-state index contributed by atoms with van der Waals surface area (Å²) >= 11 is 0. The lowest BCUT2D eigenvalue weighted by molar-refractivity contribution is 0.146. The maximum absolute atomic E-state index is 14.3. The molecule has 1 aliphatic heterocycles. The van der Waals surface area contributed by atoms with Gasteiger partial charge >= 0.3 is 0 Å². The third-order valence-corrected chi connectivity index (χ3v) is 3.98. The van der Waals surface area contributed by atoms with Crippen molar-refractivity contribution in [2.75, 3.05) is 32.0 Å². The van der Waals surface area contributed by atoms with E-state index in [-0.39, 0.29) is 5.82 Å². The van der Waals surface area contributed by atoms with E-state index in [2.05, 4.69) is 42.2 Å². The SMILES string of the molecule is C=C(C)Nc1ccc(C(=C)N2CCN(C)C(C)C2)c(F)c1. The first-order valence-corrected chi connectivity index (χ1v) is 7.25. The number of hydrogen-bond acceptors (Lipinski definition) is 3. The standard InChI is InChI=1S/C17H24FN3/c1-12(2)19-15-6-7-16(17(18)10-15)14(4)21-9-8-20(5)13(3)11-21/h6-7,10,13,19H,1,4,8-9,11H2,2-3,5H3. The van der Waals surface area contributed by atoms with Crippen molar-refractivity contribution in [3.8, 4) is 0 Å². The Morgan fingerprint density at radius 1 is 1.33 bits per heavy atom. The summed E-state index contributed by atoms with van der Waals surface area (Å²) in [4.78, 5) is 4.47. The van der Waals surface area contributed by atoms with Gasteiger partial charge in [-0.1, -0.05) is 13.2 Å². The number of anilines is 1. The molecule has 2 rings (SSSR count). The topological polar surface area (TPSA) is 18.5 Å². The second-order valence-electron chi connectivity index (χ2n) is 5.82. The van der Waals surface area contributed by atoms with Crippen LogP contribution >= 0.6 is 0 Å². The minimum atomic E-state index is -0.252. The average molecular weight is 289 g/mol. The van der Waals surface area contributed by atoms with Crippen molar-refractivity contribution in [2.24, 2.45) is 0 Å². The second kappa shape index (κ2) is 6.31. The molecule has 1 N–H and O–H groups in total. The highest BCUT2D eigenvalue weighted by atomic mass is 19.1. The van der Waals surface area contributed by atoms with Gasteiger partial charge in [0.25, 0.3) is 0 Å². The predicted molar refractivity (Wildman–Crippen MR) is 87.5 cm³/mol. The fourth-order valence-corrected chi connectivity index (χ4v) is 2.54. The van der Waals surface area contributed by atoms with Gasteiger partial charge in [0, 0.05) is 48.3 Å². The van der Waals surface area contributed by atoms with Gasteiger partial charge in [0.1, 0.15) is 5.82 Å². The number of halogens is 1. The van der Waals surface area contributed by atoms with Gasteiger partial charge < -0.3 is 15.1 Å². The fourth-order valence-electron chi connectivity index (χ4n) is 2.54. The van der Waals surface area contributed by atoms with Gasteiger partial charge in [-0.15, -0.1) is 0 Å². The first-order valence-electron chi connectivity index (χ1n) is 7.25. The van der Waals surface area contributed by atoms with Crippen LogP contribution in [0.3, 0.4) is 0 Å². The summed E-state index contributed by atoms with van der Waals surface area (Å²) in [7, 11) is 2.11. The molecular weight excluding hydrogens is 265 g/mol. The average Bonchev–Trinajstić information content (AvgIpc) is 2.40. The minimum Gasteiger partial charge on any atom is -0.369 e. The molecule has 1 saturated heterocycles. The lowest BCUT2D eigenvalue weighted by Crippen LogP contribution is -2.49. The number of rotatable bonds is 4. The van der Waals surface area contributed by atoms with Crippen molar-refractivity contribution in [1.82, 2.24) is 9.80 Å². The van der Waals surface area contributed by atoms with Gasteiger partial charge in [0.05, 0.1) is 0 Å². The zero-order chi connectivity index (χ0) is 15.6. The minimum absolute atomic E-state index is 0.252. The molecule has 0 saturated carbocycles. The molecule has 1 atom stereocenters. The highest BCUT2D eigenvalue weighted by molar-refractivity contribution is 5.65. The Morgan fingerprint density at radius 3 is 2.62 bits per heavy atom. The van der Waals surface area contributed by atoms with E-state index in [4.69, 9.17) is 0 Å². The maximum atomic E-state index is 14.3. The Labute approximate surface area is 126 Å². The third kappa shape index (κ3) is 3.64. The van der Waals surface area contributed by atoms with E-state index in [9.17, 15) is 4.39 Å². The molecule has 0 aromatic heterocycles. The zero-order valence-corrected chi connectivity index (χ0v) is 13.1. The summed E-state index contributed by atoms with van der Waals surface area (Å²) in [5.41, 5.74) is 2.82. The molecule has 1 aromatic rings. The van der Waals surface area contributed by atoms with Crippen LogP contribution in [0.15, 0.2) is 37.1 Å². The summed E-state index contributed by atoms with van der Waals surface area (Å²) in [5, 5.41) is 3.02. The van der Waals surface area contributed by atoms with Gasteiger partial charge in [0.2, 0.25) is 0 Å². The zero-order valence-electron chi connectivity index (χ0n) is 13.1. The molecule has 21 heavy (non-hydrogen) atoms. The van der Waals surface area contributed by atoms with Gasteiger partial charge in [-0.3, -0.25) is 0 Å². The van der Waals surface area contributed by atoms with E-state index in [0.717, 1.165) is 31.0 Å². The molecule has 114 valence electrons.